The number of rotatable bonds is 4. The van der Waals surface area contributed by atoms with Crippen molar-refractivity contribution in [1.82, 2.24) is 9.78 Å². The van der Waals surface area contributed by atoms with E-state index in [4.69, 9.17) is 5.11 Å². The van der Waals surface area contributed by atoms with Gasteiger partial charge in [0.15, 0.2) is 0 Å². The number of halogens is 3. The first-order chi connectivity index (χ1) is 12.2. The Labute approximate surface area is 147 Å². The maximum atomic E-state index is 12.9. The lowest BCUT2D eigenvalue weighted by Gasteiger charge is -2.08. The zero-order valence-electron chi connectivity index (χ0n) is 13.8. The average molecular weight is 360 g/mol. The highest BCUT2D eigenvalue weighted by Crippen LogP contribution is 2.31. The fraction of sp³-hybridized carbons (Fsp3) is 0.158. The summed E-state index contributed by atoms with van der Waals surface area (Å²) in [6, 6.07) is 12.1. The molecule has 0 saturated carbocycles. The van der Waals surface area contributed by atoms with E-state index >= 15 is 0 Å². The van der Waals surface area contributed by atoms with Gasteiger partial charge in [0.25, 0.3) is 0 Å². The molecular formula is C19H15F3N2O2. The third kappa shape index (κ3) is 3.77. The van der Waals surface area contributed by atoms with E-state index in [0.717, 1.165) is 17.7 Å². The summed E-state index contributed by atoms with van der Waals surface area (Å²) < 4.78 is 40.1. The molecule has 2 aromatic carbocycles. The molecule has 0 spiro atoms. The second-order valence-electron chi connectivity index (χ2n) is 5.93. The lowest BCUT2D eigenvalue weighted by Crippen LogP contribution is -2.06. The number of hydrogen-bond donors (Lipinski definition) is 1. The summed E-state index contributed by atoms with van der Waals surface area (Å²) in [6.07, 6.45) is -3.28. The Morgan fingerprint density at radius 3 is 2.46 bits per heavy atom. The first-order valence-corrected chi connectivity index (χ1v) is 7.79. The molecule has 0 aliphatic carbocycles. The van der Waals surface area contributed by atoms with Gasteiger partial charge in [-0.15, -0.1) is 0 Å². The fourth-order valence-electron chi connectivity index (χ4n) is 2.61. The minimum absolute atomic E-state index is 0.213. The number of aliphatic carboxylic acids is 1. The van der Waals surface area contributed by atoms with E-state index in [1.54, 1.807) is 12.1 Å². The van der Waals surface area contributed by atoms with E-state index in [1.807, 2.05) is 19.1 Å². The lowest BCUT2D eigenvalue weighted by molar-refractivity contribution is -0.138. The molecule has 3 rings (SSSR count). The van der Waals surface area contributed by atoms with Crippen LogP contribution in [0, 0.1) is 6.92 Å². The van der Waals surface area contributed by atoms with Gasteiger partial charge in [0, 0.05) is 17.3 Å². The highest BCUT2D eigenvalue weighted by molar-refractivity contribution is 5.75. The maximum absolute atomic E-state index is 12.9. The Hall–Kier alpha value is -3.09. The van der Waals surface area contributed by atoms with Gasteiger partial charge in [-0.2, -0.15) is 18.3 Å². The first-order valence-electron chi connectivity index (χ1n) is 7.79. The van der Waals surface area contributed by atoms with Gasteiger partial charge in [0.05, 0.1) is 23.4 Å². The van der Waals surface area contributed by atoms with Crippen LogP contribution in [0.4, 0.5) is 13.2 Å². The second kappa shape index (κ2) is 6.67. The van der Waals surface area contributed by atoms with Crippen LogP contribution in [0.3, 0.4) is 0 Å². The normalized spacial score (nSPS) is 11.5. The number of alkyl halides is 3. The van der Waals surface area contributed by atoms with Crippen molar-refractivity contribution in [1.29, 1.82) is 0 Å². The number of aromatic nitrogens is 2. The number of nitrogens with zero attached hydrogens (tertiary/aromatic N) is 2. The molecule has 4 nitrogen and oxygen atoms in total. The van der Waals surface area contributed by atoms with Gasteiger partial charge in [-0.3, -0.25) is 4.79 Å². The van der Waals surface area contributed by atoms with Gasteiger partial charge in [-0.05, 0) is 25.1 Å². The summed E-state index contributed by atoms with van der Waals surface area (Å²) in [6.45, 7) is 1.92. The van der Waals surface area contributed by atoms with Crippen LogP contribution in [-0.2, 0) is 17.4 Å². The predicted molar refractivity (Wildman–Crippen MR) is 90.1 cm³/mol. The van der Waals surface area contributed by atoms with Crippen LogP contribution < -0.4 is 0 Å². The third-order valence-electron chi connectivity index (χ3n) is 3.89. The minimum Gasteiger partial charge on any atom is -0.481 e. The van der Waals surface area contributed by atoms with Crippen LogP contribution in [0.25, 0.3) is 16.9 Å². The first kappa shape index (κ1) is 17.7. The predicted octanol–water partition coefficient (Wildman–Crippen LogP) is 4.49. The van der Waals surface area contributed by atoms with Gasteiger partial charge in [0.1, 0.15) is 0 Å². The van der Waals surface area contributed by atoms with Crippen molar-refractivity contribution in [3.05, 3.63) is 71.4 Å². The molecule has 134 valence electrons. The minimum atomic E-state index is -4.47. The van der Waals surface area contributed by atoms with E-state index < -0.39 is 17.7 Å². The van der Waals surface area contributed by atoms with Crippen LogP contribution in [0.15, 0.2) is 54.7 Å². The number of hydrogen-bond acceptors (Lipinski definition) is 2. The number of carboxylic acids is 1. The number of benzene rings is 2. The van der Waals surface area contributed by atoms with Crippen molar-refractivity contribution in [2.24, 2.45) is 0 Å². The highest BCUT2D eigenvalue weighted by atomic mass is 19.4. The molecular weight excluding hydrogens is 345 g/mol. The molecule has 26 heavy (non-hydrogen) atoms. The Morgan fingerprint density at radius 2 is 1.85 bits per heavy atom. The molecule has 0 radical (unpaired) electrons. The molecule has 0 saturated heterocycles. The van der Waals surface area contributed by atoms with E-state index in [-0.39, 0.29) is 12.1 Å². The Kier molecular flexibility index (Phi) is 4.54. The molecule has 0 fully saturated rings. The van der Waals surface area contributed by atoms with Crippen molar-refractivity contribution < 1.29 is 23.1 Å². The number of aryl methyl sites for hydroxylation is 1. The fourth-order valence-corrected chi connectivity index (χ4v) is 2.61. The van der Waals surface area contributed by atoms with Crippen molar-refractivity contribution in [2.45, 2.75) is 19.5 Å². The van der Waals surface area contributed by atoms with Crippen LogP contribution in [0.2, 0.25) is 0 Å². The molecule has 0 aliphatic rings. The van der Waals surface area contributed by atoms with Crippen LogP contribution in [0.5, 0.6) is 0 Å². The quantitative estimate of drug-likeness (QED) is 0.746. The zero-order valence-corrected chi connectivity index (χ0v) is 13.8. The summed E-state index contributed by atoms with van der Waals surface area (Å²) in [5, 5.41) is 13.5. The van der Waals surface area contributed by atoms with Crippen molar-refractivity contribution in [3.63, 3.8) is 0 Å². The van der Waals surface area contributed by atoms with Crippen molar-refractivity contribution >= 4 is 5.97 Å². The van der Waals surface area contributed by atoms with Gasteiger partial charge >= 0.3 is 12.1 Å². The van der Waals surface area contributed by atoms with Crippen molar-refractivity contribution in [3.8, 4) is 16.9 Å². The molecule has 7 heteroatoms. The van der Waals surface area contributed by atoms with Gasteiger partial charge in [0.2, 0.25) is 0 Å². The van der Waals surface area contributed by atoms with Crippen LogP contribution in [0.1, 0.15) is 16.7 Å². The van der Waals surface area contributed by atoms with E-state index in [1.165, 1.54) is 23.0 Å². The summed E-state index contributed by atoms with van der Waals surface area (Å²) in [5.74, 6) is -1.04. The zero-order chi connectivity index (χ0) is 18.9. The third-order valence-corrected chi connectivity index (χ3v) is 3.89. The monoisotopic (exact) mass is 360 g/mol. The summed E-state index contributed by atoms with van der Waals surface area (Å²) >= 11 is 0. The highest BCUT2D eigenvalue weighted by Gasteiger charge is 2.30. The Balaban J connectivity index is 2.09. The molecule has 0 bridgehead atoms. The standard InChI is InChI=1S/C19H15F3N2O2/c1-12-5-7-13(8-6-12)18-14(9-17(25)26)11-24(23-18)16-4-2-3-15(10-16)19(20,21)22/h2-8,10-11H,9H2,1H3,(H,25,26). The summed E-state index contributed by atoms with van der Waals surface area (Å²) in [7, 11) is 0. The lowest BCUT2D eigenvalue weighted by atomic mass is 10.0. The summed E-state index contributed by atoms with van der Waals surface area (Å²) in [4.78, 5) is 11.2. The van der Waals surface area contributed by atoms with Crippen LogP contribution >= 0.6 is 0 Å². The maximum Gasteiger partial charge on any atom is 0.416 e. The molecule has 0 unspecified atom stereocenters. The SMILES string of the molecule is Cc1ccc(-c2nn(-c3cccc(C(F)(F)F)c3)cc2CC(=O)O)cc1. The number of carbonyl (C=O) groups is 1. The molecule has 1 N–H and O–H groups in total. The average Bonchev–Trinajstić information content (AvgIpc) is 2.98. The van der Waals surface area contributed by atoms with Crippen molar-refractivity contribution in [2.75, 3.05) is 0 Å². The largest absolute Gasteiger partial charge is 0.481 e. The molecule has 1 aromatic heterocycles. The van der Waals surface area contributed by atoms with Gasteiger partial charge < -0.3 is 5.11 Å². The molecule has 1 heterocycles. The molecule has 0 atom stereocenters. The van der Waals surface area contributed by atoms with E-state index in [9.17, 15) is 18.0 Å². The van der Waals surface area contributed by atoms with E-state index in [2.05, 4.69) is 5.10 Å². The number of carboxylic acid groups (broad SMARTS) is 1. The smallest absolute Gasteiger partial charge is 0.416 e. The molecule has 0 aliphatic heterocycles. The van der Waals surface area contributed by atoms with E-state index in [0.29, 0.717) is 16.8 Å². The topological polar surface area (TPSA) is 55.1 Å². The Morgan fingerprint density at radius 1 is 1.15 bits per heavy atom. The van der Waals surface area contributed by atoms with Crippen LogP contribution in [-0.4, -0.2) is 20.9 Å². The second-order valence-corrected chi connectivity index (χ2v) is 5.93. The van der Waals surface area contributed by atoms with Gasteiger partial charge in [-0.1, -0.05) is 35.9 Å². The molecule has 3 aromatic rings. The summed E-state index contributed by atoms with van der Waals surface area (Å²) in [5.41, 5.74) is 2.03. The van der Waals surface area contributed by atoms with Gasteiger partial charge in [-0.25, -0.2) is 4.68 Å². The Bertz CT molecular complexity index is 944. The molecule has 0 amide bonds.